The highest BCUT2D eigenvalue weighted by atomic mass is 19.4. The average molecular weight is 487 g/mol. The fraction of sp³-hybridized carbons (Fsp3) is 0.462. The molecule has 3 atom stereocenters. The summed E-state index contributed by atoms with van der Waals surface area (Å²) < 4.78 is 52.1. The van der Waals surface area contributed by atoms with E-state index in [1.165, 1.54) is 18.0 Å². The molecule has 3 unspecified atom stereocenters. The van der Waals surface area contributed by atoms with Crippen molar-refractivity contribution in [2.45, 2.75) is 56.5 Å². The van der Waals surface area contributed by atoms with Crippen molar-refractivity contribution in [3.05, 3.63) is 59.3 Å². The van der Waals surface area contributed by atoms with Crippen LogP contribution < -0.4 is 4.74 Å². The van der Waals surface area contributed by atoms with Crippen LogP contribution in [0.1, 0.15) is 44.2 Å². The zero-order chi connectivity index (χ0) is 25.2. The van der Waals surface area contributed by atoms with E-state index in [-0.39, 0.29) is 35.9 Å². The molecule has 2 aromatic rings. The lowest BCUT2D eigenvalue weighted by atomic mass is 9.74. The molecule has 3 aliphatic heterocycles. The molecule has 1 spiro atoms. The highest BCUT2D eigenvalue weighted by Crippen LogP contribution is 2.50. The molecule has 186 valence electrons. The van der Waals surface area contributed by atoms with Gasteiger partial charge in [0, 0.05) is 30.5 Å². The zero-order valence-corrected chi connectivity index (χ0v) is 19.8. The number of ether oxygens (including phenoxy) is 2. The number of alkyl halides is 3. The van der Waals surface area contributed by atoms with Crippen LogP contribution in [0.15, 0.2) is 47.5 Å². The predicted octanol–water partition coefficient (Wildman–Crippen LogP) is 5.80. The maximum Gasteiger partial charge on any atom is 0.416 e. The Labute approximate surface area is 201 Å². The number of rotatable bonds is 2. The number of hydrogen-bond acceptors (Lipinski definition) is 4. The summed E-state index contributed by atoms with van der Waals surface area (Å²) in [6, 6.07) is 10.2. The monoisotopic (exact) mass is 486 g/mol. The second kappa shape index (κ2) is 7.98. The number of fused-ring (bicyclic) bond motifs is 2. The van der Waals surface area contributed by atoms with Gasteiger partial charge < -0.3 is 25.1 Å². The van der Waals surface area contributed by atoms with Crippen molar-refractivity contribution in [2.24, 2.45) is 10.9 Å². The van der Waals surface area contributed by atoms with E-state index in [0.29, 0.717) is 29.0 Å². The van der Waals surface area contributed by atoms with Crippen LogP contribution in [0.3, 0.4) is 0 Å². The van der Waals surface area contributed by atoms with Crippen molar-refractivity contribution in [3.63, 3.8) is 0 Å². The van der Waals surface area contributed by atoms with Gasteiger partial charge in [-0.15, -0.1) is 0 Å². The lowest BCUT2D eigenvalue weighted by molar-refractivity contribution is -0.137. The van der Waals surface area contributed by atoms with E-state index in [4.69, 9.17) is 15.2 Å². The van der Waals surface area contributed by atoms with Gasteiger partial charge in [0.2, 0.25) is 0 Å². The third-order valence-electron chi connectivity index (χ3n) is 7.26. The minimum atomic E-state index is -4.46. The number of carbonyl (C=O) groups is 1. The topological polar surface area (TPSA) is 74.9 Å². The Hall–Kier alpha value is -3.07. The summed E-state index contributed by atoms with van der Waals surface area (Å²) in [7, 11) is 1.52. The first kappa shape index (κ1) is 23.7. The van der Waals surface area contributed by atoms with E-state index >= 15 is 0 Å². The van der Waals surface area contributed by atoms with Crippen LogP contribution in [-0.2, 0) is 21.2 Å². The van der Waals surface area contributed by atoms with Crippen LogP contribution in [-0.4, -0.2) is 42.1 Å². The molecule has 1 saturated heterocycles. The minimum absolute atomic E-state index is 0.134. The van der Waals surface area contributed by atoms with Gasteiger partial charge >= 0.3 is 6.18 Å². The van der Waals surface area contributed by atoms with Gasteiger partial charge in [-0.2, -0.15) is 13.2 Å². The molecule has 35 heavy (non-hydrogen) atoms. The molecular weight excluding hydrogens is 459 g/mol. The summed E-state index contributed by atoms with van der Waals surface area (Å²) in [4.78, 5) is 19.3. The predicted molar refractivity (Wildman–Crippen MR) is 125 cm³/mol. The van der Waals surface area contributed by atoms with E-state index in [1.54, 1.807) is 24.3 Å². The molecule has 6 nitrogen and oxygen atoms in total. The van der Waals surface area contributed by atoms with Gasteiger partial charge in [0.25, 0.3) is 0 Å². The molecule has 2 aromatic carbocycles. The zero-order valence-electron chi connectivity index (χ0n) is 19.8. The van der Waals surface area contributed by atoms with E-state index in [2.05, 4.69) is 4.99 Å². The minimum Gasteiger partial charge on any atom is -0.490 e. The summed E-state index contributed by atoms with van der Waals surface area (Å²) in [6.07, 6.45) is -2.97. The summed E-state index contributed by atoms with van der Waals surface area (Å²) in [5, 5.41) is 0. The van der Waals surface area contributed by atoms with Crippen LogP contribution >= 0.6 is 0 Å². The molecule has 3 heterocycles. The quantitative estimate of drug-likeness (QED) is 0.538. The van der Waals surface area contributed by atoms with Crippen LogP contribution in [0.2, 0.25) is 0 Å². The standard InChI is InChI=1S/C26H27F3N3O3/c1-24(2)13-17(9-10-34-24)21-14-25(22(33)32(3)23(30)31-25)19-12-16(7-8-20(19)35-21)15-5-4-6-18(11-15)26(27,28)29/h4-8,11-12,17,21H,9-10,13-14H2,1-3H3,(H-,30,31)/q-1. The number of amides is 1. The first-order valence-electron chi connectivity index (χ1n) is 11.6. The SMILES string of the molecule is CN1C(=O)C2(CC(C3CCOC(C)(C)C3)Oc3ccc(-c4cccc(C(F)(F)F)c4)cc32)N=C1[NH-]. The number of guanidine groups is 1. The average Bonchev–Trinajstić information content (AvgIpc) is 3.01. The van der Waals surface area contributed by atoms with E-state index in [0.717, 1.165) is 25.0 Å². The largest absolute Gasteiger partial charge is 0.490 e. The van der Waals surface area contributed by atoms with Crippen molar-refractivity contribution >= 4 is 11.9 Å². The third kappa shape index (κ3) is 4.05. The molecule has 0 bridgehead atoms. The molecule has 1 fully saturated rings. The van der Waals surface area contributed by atoms with Crippen LogP contribution in [0.4, 0.5) is 13.2 Å². The number of likely N-dealkylation sites (N-methyl/N-ethyl adjacent to an activating group) is 1. The Morgan fingerprint density at radius 2 is 1.86 bits per heavy atom. The number of nitrogens with zero attached hydrogens (tertiary/aromatic N) is 2. The van der Waals surface area contributed by atoms with E-state index < -0.39 is 17.3 Å². The highest BCUT2D eigenvalue weighted by Gasteiger charge is 2.50. The molecule has 0 saturated carbocycles. The molecule has 1 N–H and O–H groups in total. The Morgan fingerprint density at radius 3 is 2.51 bits per heavy atom. The second-order valence-electron chi connectivity index (χ2n) is 10.2. The molecule has 0 aliphatic carbocycles. The number of benzene rings is 2. The maximum absolute atomic E-state index is 13.5. The molecule has 0 radical (unpaired) electrons. The van der Waals surface area contributed by atoms with Crippen molar-refractivity contribution in [2.75, 3.05) is 13.7 Å². The molecule has 9 heteroatoms. The summed E-state index contributed by atoms with van der Waals surface area (Å²) in [6.45, 7) is 4.65. The molecule has 0 aromatic heterocycles. The van der Waals surface area contributed by atoms with Crippen molar-refractivity contribution in [1.29, 1.82) is 0 Å². The Kier molecular flexibility index (Phi) is 5.39. The fourth-order valence-corrected chi connectivity index (χ4v) is 5.46. The Balaban J connectivity index is 1.59. The number of halogens is 3. The summed E-state index contributed by atoms with van der Waals surface area (Å²) in [5.41, 5.74) is 7.20. The first-order valence-corrected chi connectivity index (χ1v) is 11.6. The molecule has 5 rings (SSSR count). The van der Waals surface area contributed by atoms with Crippen LogP contribution in [0.5, 0.6) is 5.75 Å². The van der Waals surface area contributed by atoms with E-state index in [9.17, 15) is 18.0 Å². The van der Waals surface area contributed by atoms with Crippen LogP contribution in [0.25, 0.3) is 16.9 Å². The first-order chi connectivity index (χ1) is 16.4. The number of hydrogen-bond donors (Lipinski definition) is 0. The van der Waals surface area contributed by atoms with Crippen molar-refractivity contribution in [1.82, 2.24) is 4.90 Å². The molecule has 3 aliphatic rings. The summed E-state index contributed by atoms with van der Waals surface area (Å²) >= 11 is 0. The lowest BCUT2D eigenvalue weighted by Gasteiger charge is -2.45. The molecular formula is C26H27F3N3O3-. The van der Waals surface area contributed by atoms with Gasteiger partial charge in [0.05, 0.1) is 11.2 Å². The van der Waals surface area contributed by atoms with Gasteiger partial charge in [0.15, 0.2) is 5.91 Å². The summed E-state index contributed by atoms with van der Waals surface area (Å²) in [5.74, 6) is 0.138. The van der Waals surface area contributed by atoms with E-state index in [1.807, 2.05) is 13.8 Å². The van der Waals surface area contributed by atoms with Gasteiger partial charge in [-0.25, -0.2) is 0 Å². The van der Waals surface area contributed by atoms with Crippen molar-refractivity contribution < 1.29 is 27.4 Å². The Morgan fingerprint density at radius 1 is 1.11 bits per heavy atom. The number of carbonyl (C=O) groups excluding carboxylic acids is 1. The lowest BCUT2D eigenvalue weighted by Crippen LogP contribution is -2.49. The number of aliphatic imine (C=N–C) groups is 1. The normalized spacial score (nSPS) is 28.0. The second-order valence-corrected chi connectivity index (χ2v) is 10.2. The van der Waals surface area contributed by atoms with Gasteiger partial charge in [0.1, 0.15) is 17.4 Å². The van der Waals surface area contributed by atoms with Gasteiger partial charge in [-0.1, -0.05) is 18.2 Å². The van der Waals surface area contributed by atoms with Crippen molar-refractivity contribution in [3.8, 4) is 16.9 Å². The number of nitrogens with one attached hydrogen (secondary N) is 1. The smallest absolute Gasteiger partial charge is 0.416 e. The molecule has 1 amide bonds. The third-order valence-corrected chi connectivity index (χ3v) is 7.26. The fourth-order valence-electron chi connectivity index (χ4n) is 5.46. The van der Waals surface area contributed by atoms with Crippen LogP contribution in [0, 0.1) is 5.92 Å². The maximum atomic E-state index is 13.5. The van der Waals surface area contributed by atoms with Gasteiger partial charge in [-0.05, 0) is 69.1 Å². The highest BCUT2D eigenvalue weighted by molar-refractivity contribution is 6.11. The Bertz CT molecular complexity index is 1210. The van der Waals surface area contributed by atoms with Gasteiger partial charge in [-0.3, -0.25) is 4.79 Å².